The molecule has 2 rings (SSSR count). The zero-order chi connectivity index (χ0) is 16.1. The molecule has 5 heteroatoms. The number of benzene rings is 1. The maximum Gasteiger partial charge on any atom is 0.263 e. The van der Waals surface area contributed by atoms with E-state index in [0.29, 0.717) is 17.4 Å². The number of amides is 2. The molecule has 0 radical (unpaired) electrons. The molecular formula is C17H24N2O3. The van der Waals surface area contributed by atoms with Crippen molar-refractivity contribution in [3.8, 4) is 5.75 Å². The number of piperidine rings is 1. The predicted octanol–water partition coefficient (Wildman–Crippen LogP) is 2.67. The standard InChI is InChI=1S/C17H24N2O3/c1-12-8-10-19(11-9-12)17(21)13(2)22-16-7-5-4-6-15(16)18-14(3)20/h4-7,12-13H,8-11H2,1-3H3,(H,18,20)/t13-/m0/s1. The van der Waals surface area contributed by atoms with Gasteiger partial charge in [-0.2, -0.15) is 0 Å². The van der Waals surface area contributed by atoms with E-state index in [1.54, 1.807) is 19.1 Å². The van der Waals surface area contributed by atoms with Crippen LogP contribution >= 0.6 is 0 Å². The second kappa shape index (κ2) is 7.29. The summed E-state index contributed by atoms with van der Waals surface area (Å²) in [5.41, 5.74) is 0.585. The Balaban J connectivity index is 2.00. The van der Waals surface area contributed by atoms with E-state index in [9.17, 15) is 9.59 Å². The Morgan fingerprint density at radius 2 is 1.91 bits per heavy atom. The molecule has 0 aliphatic carbocycles. The number of nitrogens with zero attached hydrogens (tertiary/aromatic N) is 1. The fraction of sp³-hybridized carbons (Fsp3) is 0.529. The quantitative estimate of drug-likeness (QED) is 0.930. The lowest BCUT2D eigenvalue weighted by atomic mass is 9.99. The van der Waals surface area contributed by atoms with E-state index < -0.39 is 6.10 Å². The van der Waals surface area contributed by atoms with Crippen LogP contribution in [0.4, 0.5) is 5.69 Å². The third-order valence-corrected chi connectivity index (χ3v) is 3.94. The van der Waals surface area contributed by atoms with Gasteiger partial charge in [0.05, 0.1) is 5.69 Å². The molecule has 1 heterocycles. The van der Waals surface area contributed by atoms with Crippen molar-refractivity contribution in [2.45, 2.75) is 39.7 Å². The maximum absolute atomic E-state index is 12.5. The van der Waals surface area contributed by atoms with Gasteiger partial charge in [-0.3, -0.25) is 9.59 Å². The molecule has 1 saturated heterocycles. The number of para-hydroxylation sites is 2. The number of ether oxygens (including phenoxy) is 1. The van der Waals surface area contributed by atoms with Crippen LogP contribution in [0, 0.1) is 5.92 Å². The molecule has 1 aliphatic heterocycles. The summed E-state index contributed by atoms with van der Waals surface area (Å²) in [6.07, 6.45) is 1.52. The summed E-state index contributed by atoms with van der Waals surface area (Å²) in [6.45, 7) is 7.00. The SMILES string of the molecule is CC(=O)Nc1ccccc1O[C@@H](C)C(=O)N1CCC(C)CC1. The highest BCUT2D eigenvalue weighted by molar-refractivity contribution is 5.90. The smallest absolute Gasteiger partial charge is 0.263 e. The molecule has 1 aromatic rings. The number of hydrogen-bond acceptors (Lipinski definition) is 3. The molecule has 1 atom stereocenters. The largest absolute Gasteiger partial charge is 0.479 e. The van der Waals surface area contributed by atoms with Crippen LogP contribution in [-0.2, 0) is 9.59 Å². The third-order valence-electron chi connectivity index (χ3n) is 3.94. The summed E-state index contributed by atoms with van der Waals surface area (Å²) in [4.78, 5) is 25.5. The maximum atomic E-state index is 12.5. The Bertz CT molecular complexity index is 536. The van der Waals surface area contributed by atoms with Crippen molar-refractivity contribution < 1.29 is 14.3 Å². The first kappa shape index (κ1) is 16.3. The second-order valence-corrected chi connectivity index (χ2v) is 5.95. The molecule has 0 bridgehead atoms. The minimum absolute atomic E-state index is 0.00419. The number of carbonyl (C=O) groups is 2. The Labute approximate surface area is 131 Å². The Kier molecular flexibility index (Phi) is 5.41. The van der Waals surface area contributed by atoms with Gasteiger partial charge in [-0.1, -0.05) is 19.1 Å². The van der Waals surface area contributed by atoms with Gasteiger partial charge in [0.15, 0.2) is 6.10 Å². The summed E-state index contributed by atoms with van der Waals surface area (Å²) >= 11 is 0. The number of nitrogens with one attached hydrogen (secondary N) is 1. The molecular weight excluding hydrogens is 280 g/mol. The molecule has 2 amide bonds. The molecule has 22 heavy (non-hydrogen) atoms. The molecule has 120 valence electrons. The summed E-state index contributed by atoms with van der Waals surface area (Å²) in [5.74, 6) is 1.04. The third kappa shape index (κ3) is 4.23. The van der Waals surface area contributed by atoms with Crippen molar-refractivity contribution in [3.63, 3.8) is 0 Å². The Morgan fingerprint density at radius 1 is 1.27 bits per heavy atom. The van der Waals surface area contributed by atoms with Crippen LogP contribution in [0.15, 0.2) is 24.3 Å². The molecule has 0 unspecified atom stereocenters. The number of likely N-dealkylation sites (tertiary alicyclic amines) is 1. The Hall–Kier alpha value is -2.04. The van der Waals surface area contributed by atoms with Gasteiger partial charge in [-0.25, -0.2) is 0 Å². The van der Waals surface area contributed by atoms with Crippen molar-refractivity contribution in [2.75, 3.05) is 18.4 Å². The van der Waals surface area contributed by atoms with Gasteiger partial charge >= 0.3 is 0 Å². The van der Waals surface area contributed by atoms with Crippen molar-refractivity contribution >= 4 is 17.5 Å². The Morgan fingerprint density at radius 3 is 2.55 bits per heavy atom. The highest BCUT2D eigenvalue weighted by Gasteiger charge is 2.26. The lowest BCUT2D eigenvalue weighted by molar-refractivity contribution is -0.139. The van der Waals surface area contributed by atoms with E-state index in [1.165, 1.54) is 6.92 Å². The average molecular weight is 304 g/mol. The van der Waals surface area contributed by atoms with Gasteiger partial charge in [0.2, 0.25) is 5.91 Å². The van der Waals surface area contributed by atoms with E-state index >= 15 is 0 Å². The highest BCUT2D eigenvalue weighted by atomic mass is 16.5. The summed E-state index contributed by atoms with van der Waals surface area (Å²) in [7, 11) is 0. The van der Waals surface area contributed by atoms with Gasteiger partial charge in [-0.15, -0.1) is 0 Å². The van der Waals surface area contributed by atoms with E-state index in [-0.39, 0.29) is 11.8 Å². The van der Waals surface area contributed by atoms with Crippen molar-refractivity contribution in [3.05, 3.63) is 24.3 Å². The molecule has 0 spiro atoms. The van der Waals surface area contributed by atoms with E-state index in [1.807, 2.05) is 17.0 Å². The summed E-state index contributed by atoms with van der Waals surface area (Å²) < 4.78 is 5.78. The van der Waals surface area contributed by atoms with Crippen LogP contribution in [-0.4, -0.2) is 35.9 Å². The molecule has 5 nitrogen and oxygen atoms in total. The molecule has 1 fully saturated rings. The van der Waals surface area contributed by atoms with E-state index in [4.69, 9.17) is 4.74 Å². The predicted molar refractivity (Wildman–Crippen MR) is 85.8 cm³/mol. The van der Waals surface area contributed by atoms with Crippen LogP contribution in [0.5, 0.6) is 5.75 Å². The lowest BCUT2D eigenvalue weighted by Crippen LogP contribution is -2.44. The van der Waals surface area contributed by atoms with E-state index in [2.05, 4.69) is 12.2 Å². The number of rotatable bonds is 4. The minimum Gasteiger partial charge on any atom is -0.479 e. The molecule has 1 aliphatic rings. The molecule has 0 aromatic heterocycles. The highest BCUT2D eigenvalue weighted by Crippen LogP contribution is 2.25. The van der Waals surface area contributed by atoms with E-state index in [0.717, 1.165) is 25.9 Å². The van der Waals surface area contributed by atoms with Gasteiger partial charge in [0.1, 0.15) is 5.75 Å². The normalized spacial score (nSPS) is 17.0. The first-order valence-corrected chi connectivity index (χ1v) is 7.79. The summed E-state index contributed by atoms with van der Waals surface area (Å²) in [6, 6.07) is 7.15. The van der Waals surface area contributed by atoms with Crippen molar-refractivity contribution in [1.29, 1.82) is 0 Å². The van der Waals surface area contributed by atoms with Crippen LogP contribution < -0.4 is 10.1 Å². The monoisotopic (exact) mass is 304 g/mol. The minimum atomic E-state index is -0.566. The topological polar surface area (TPSA) is 58.6 Å². The second-order valence-electron chi connectivity index (χ2n) is 5.95. The first-order valence-electron chi connectivity index (χ1n) is 7.79. The fourth-order valence-corrected chi connectivity index (χ4v) is 2.59. The molecule has 0 saturated carbocycles. The van der Waals surface area contributed by atoms with Crippen LogP contribution in [0.1, 0.15) is 33.6 Å². The number of anilines is 1. The number of carbonyl (C=O) groups excluding carboxylic acids is 2. The van der Waals surface area contributed by atoms with Gasteiger partial charge in [-0.05, 0) is 37.8 Å². The van der Waals surface area contributed by atoms with Crippen LogP contribution in [0.2, 0.25) is 0 Å². The fourth-order valence-electron chi connectivity index (χ4n) is 2.59. The zero-order valence-electron chi connectivity index (χ0n) is 13.5. The van der Waals surface area contributed by atoms with Crippen LogP contribution in [0.3, 0.4) is 0 Å². The van der Waals surface area contributed by atoms with Gasteiger partial charge in [0, 0.05) is 20.0 Å². The number of hydrogen-bond donors (Lipinski definition) is 1. The average Bonchev–Trinajstić information content (AvgIpc) is 2.48. The van der Waals surface area contributed by atoms with Gasteiger partial charge in [0.25, 0.3) is 5.91 Å². The molecule has 1 aromatic carbocycles. The lowest BCUT2D eigenvalue weighted by Gasteiger charge is -2.32. The van der Waals surface area contributed by atoms with Crippen molar-refractivity contribution in [2.24, 2.45) is 5.92 Å². The zero-order valence-corrected chi connectivity index (χ0v) is 13.5. The van der Waals surface area contributed by atoms with Crippen molar-refractivity contribution in [1.82, 2.24) is 4.90 Å². The first-order chi connectivity index (χ1) is 10.5. The molecule has 1 N–H and O–H groups in total. The summed E-state index contributed by atoms with van der Waals surface area (Å²) in [5, 5.41) is 2.71. The van der Waals surface area contributed by atoms with Gasteiger partial charge < -0.3 is 15.0 Å². The van der Waals surface area contributed by atoms with Crippen LogP contribution in [0.25, 0.3) is 0 Å².